The molecular formula is C21H24ClNO3. The van der Waals surface area contributed by atoms with E-state index in [1.165, 1.54) is 0 Å². The molecule has 0 radical (unpaired) electrons. The van der Waals surface area contributed by atoms with Crippen LogP contribution in [0, 0.1) is 0 Å². The van der Waals surface area contributed by atoms with E-state index < -0.39 is 0 Å². The van der Waals surface area contributed by atoms with Gasteiger partial charge in [0.05, 0.1) is 18.2 Å². The molecule has 1 amide bonds. The van der Waals surface area contributed by atoms with Gasteiger partial charge in [0.1, 0.15) is 17.1 Å². The van der Waals surface area contributed by atoms with Gasteiger partial charge < -0.3 is 14.8 Å². The Bertz CT molecular complexity index is 802. The number of ether oxygens (including phenoxy) is 2. The number of carbonyl (C=O) groups is 1. The highest BCUT2D eigenvalue weighted by Crippen LogP contribution is 2.42. The fourth-order valence-corrected chi connectivity index (χ4v) is 3.74. The summed E-state index contributed by atoms with van der Waals surface area (Å²) in [4.78, 5) is 12.8. The summed E-state index contributed by atoms with van der Waals surface area (Å²) in [6.07, 6.45) is 2.52. The summed E-state index contributed by atoms with van der Waals surface area (Å²) in [5.41, 5.74) is 1.26. The predicted octanol–water partition coefficient (Wildman–Crippen LogP) is 5.16. The van der Waals surface area contributed by atoms with Gasteiger partial charge in [0.15, 0.2) is 0 Å². The molecule has 0 saturated heterocycles. The quantitative estimate of drug-likeness (QED) is 0.787. The number of amides is 1. The maximum absolute atomic E-state index is 12.8. The molecule has 26 heavy (non-hydrogen) atoms. The van der Waals surface area contributed by atoms with Gasteiger partial charge in [-0.05, 0) is 37.1 Å². The Labute approximate surface area is 159 Å². The molecule has 1 aliphatic rings. The molecule has 5 heteroatoms. The predicted molar refractivity (Wildman–Crippen MR) is 103 cm³/mol. The molecule has 2 aromatic carbocycles. The number of para-hydroxylation sites is 1. The van der Waals surface area contributed by atoms with E-state index in [0.717, 1.165) is 30.6 Å². The van der Waals surface area contributed by atoms with E-state index in [1.54, 1.807) is 25.3 Å². The zero-order chi connectivity index (χ0) is 18.7. The van der Waals surface area contributed by atoms with E-state index in [-0.39, 0.29) is 17.6 Å². The van der Waals surface area contributed by atoms with Crippen LogP contribution in [0.15, 0.2) is 42.5 Å². The lowest BCUT2D eigenvalue weighted by molar-refractivity contribution is 0.0227. The van der Waals surface area contributed by atoms with Gasteiger partial charge in [0.25, 0.3) is 5.91 Å². The minimum absolute atomic E-state index is 0.103. The number of nitrogens with one attached hydrogen (secondary N) is 1. The average Bonchev–Trinajstić information content (AvgIpc) is 2.67. The van der Waals surface area contributed by atoms with Crippen LogP contribution in [0.25, 0.3) is 0 Å². The lowest BCUT2D eigenvalue weighted by Crippen LogP contribution is -2.44. The fraction of sp³-hybridized carbons (Fsp3) is 0.381. The minimum atomic E-state index is -0.260. The van der Waals surface area contributed by atoms with Crippen LogP contribution in [-0.2, 0) is 0 Å². The maximum atomic E-state index is 12.8. The molecule has 0 unspecified atom stereocenters. The van der Waals surface area contributed by atoms with E-state index in [1.807, 2.05) is 24.3 Å². The van der Waals surface area contributed by atoms with Gasteiger partial charge in [-0.2, -0.15) is 0 Å². The van der Waals surface area contributed by atoms with E-state index in [9.17, 15) is 4.79 Å². The van der Waals surface area contributed by atoms with Gasteiger partial charge in [-0.3, -0.25) is 4.79 Å². The Morgan fingerprint density at radius 2 is 2.00 bits per heavy atom. The maximum Gasteiger partial charge on any atom is 0.251 e. The third-order valence-electron chi connectivity index (χ3n) is 5.21. The van der Waals surface area contributed by atoms with E-state index in [2.05, 4.69) is 19.2 Å². The summed E-state index contributed by atoms with van der Waals surface area (Å²) in [7, 11) is 1.55. The minimum Gasteiger partial charge on any atom is -0.495 e. The highest BCUT2D eigenvalue weighted by Gasteiger charge is 2.39. The first-order chi connectivity index (χ1) is 12.5. The Hall–Kier alpha value is -2.20. The number of hydrogen-bond donors (Lipinski definition) is 1. The third kappa shape index (κ3) is 3.51. The zero-order valence-corrected chi connectivity index (χ0v) is 16.1. The lowest BCUT2D eigenvalue weighted by Gasteiger charge is -2.41. The molecule has 0 aromatic heterocycles. The summed E-state index contributed by atoms with van der Waals surface area (Å²) in [5, 5.41) is 3.58. The van der Waals surface area contributed by atoms with Gasteiger partial charge in [-0.1, -0.05) is 43.6 Å². The summed E-state index contributed by atoms with van der Waals surface area (Å²) in [6, 6.07) is 12.9. The number of rotatable bonds is 5. The number of halogens is 1. The summed E-state index contributed by atoms with van der Waals surface area (Å²) in [6.45, 7) is 4.25. The monoisotopic (exact) mass is 373 g/mol. The second kappa shape index (κ2) is 7.58. The number of fused-ring (bicyclic) bond motifs is 1. The molecular weight excluding hydrogens is 350 g/mol. The average molecular weight is 374 g/mol. The number of carbonyl (C=O) groups excluding carboxylic acids is 1. The molecule has 0 saturated carbocycles. The second-order valence-electron chi connectivity index (χ2n) is 6.61. The number of methoxy groups -OCH3 is 1. The van der Waals surface area contributed by atoms with Crippen molar-refractivity contribution in [3.8, 4) is 11.5 Å². The Kier molecular flexibility index (Phi) is 5.42. The molecule has 0 aliphatic carbocycles. The van der Waals surface area contributed by atoms with Crippen LogP contribution < -0.4 is 14.8 Å². The van der Waals surface area contributed by atoms with Crippen molar-refractivity contribution in [3.63, 3.8) is 0 Å². The van der Waals surface area contributed by atoms with Crippen molar-refractivity contribution >= 4 is 17.5 Å². The van der Waals surface area contributed by atoms with Crippen molar-refractivity contribution in [2.24, 2.45) is 0 Å². The van der Waals surface area contributed by atoms with Crippen molar-refractivity contribution in [2.45, 2.75) is 44.8 Å². The van der Waals surface area contributed by atoms with Crippen molar-refractivity contribution < 1.29 is 14.3 Å². The topological polar surface area (TPSA) is 47.6 Å². The molecule has 1 aliphatic heterocycles. The van der Waals surface area contributed by atoms with Crippen LogP contribution in [0.2, 0.25) is 5.02 Å². The van der Waals surface area contributed by atoms with Gasteiger partial charge in [-0.15, -0.1) is 0 Å². The normalized spacial score (nSPS) is 17.8. The van der Waals surface area contributed by atoms with Crippen LogP contribution in [0.5, 0.6) is 11.5 Å². The number of benzene rings is 2. The highest BCUT2D eigenvalue weighted by atomic mass is 35.5. The molecule has 1 N–H and O–H groups in total. The van der Waals surface area contributed by atoms with Gasteiger partial charge >= 0.3 is 0 Å². The first kappa shape index (κ1) is 18.6. The second-order valence-corrected chi connectivity index (χ2v) is 7.02. The molecule has 1 heterocycles. The van der Waals surface area contributed by atoms with Crippen molar-refractivity contribution in [1.82, 2.24) is 5.32 Å². The number of hydrogen-bond acceptors (Lipinski definition) is 3. The molecule has 4 nitrogen and oxygen atoms in total. The van der Waals surface area contributed by atoms with Crippen molar-refractivity contribution in [2.75, 3.05) is 7.11 Å². The van der Waals surface area contributed by atoms with Crippen LogP contribution in [-0.4, -0.2) is 18.6 Å². The van der Waals surface area contributed by atoms with Crippen LogP contribution in [0.3, 0.4) is 0 Å². The summed E-state index contributed by atoms with van der Waals surface area (Å²) < 4.78 is 11.4. The molecule has 0 bridgehead atoms. The van der Waals surface area contributed by atoms with E-state index >= 15 is 0 Å². The van der Waals surface area contributed by atoms with E-state index in [4.69, 9.17) is 21.1 Å². The Morgan fingerprint density at radius 3 is 2.65 bits per heavy atom. The lowest BCUT2D eigenvalue weighted by atomic mass is 9.83. The van der Waals surface area contributed by atoms with Gasteiger partial charge in [0.2, 0.25) is 0 Å². The van der Waals surface area contributed by atoms with Gasteiger partial charge in [0, 0.05) is 17.5 Å². The SMILES string of the molecule is CCC1(CC)C[C@H](NC(=O)c2ccc(OC)c(Cl)c2)c2ccccc2O1. The van der Waals surface area contributed by atoms with Crippen molar-refractivity contribution in [3.05, 3.63) is 58.6 Å². The standard InChI is InChI=1S/C21H24ClNO3/c1-4-21(5-2)13-17(15-8-6-7-9-18(15)26-21)23-20(24)14-10-11-19(25-3)16(22)12-14/h6-12,17H,4-5,13H2,1-3H3,(H,23,24)/t17-/m0/s1. The molecule has 138 valence electrons. The fourth-order valence-electron chi connectivity index (χ4n) is 3.48. The van der Waals surface area contributed by atoms with Gasteiger partial charge in [-0.25, -0.2) is 0 Å². The van der Waals surface area contributed by atoms with Crippen LogP contribution in [0.4, 0.5) is 0 Å². The van der Waals surface area contributed by atoms with Crippen molar-refractivity contribution in [1.29, 1.82) is 0 Å². The first-order valence-electron chi connectivity index (χ1n) is 8.94. The van der Waals surface area contributed by atoms with E-state index in [0.29, 0.717) is 16.3 Å². The zero-order valence-electron chi connectivity index (χ0n) is 15.3. The molecule has 0 fully saturated rings. The summed E-state index contributed by atoms with van der Waals surface area (Å²) in [5.74, 6) is 1.24. The largest absolute Gasteiger partial charge is 0.495 e. The first-order valence-corrected chi connectivity index (χ1v) is 9.32. The molecule has 0 spiro atoms. The van der Waals surface area contributed by atoms with Crippen LogP contribution >= 0.6 is 11.6 Å². The molecule has 1 atom stereocenters. The highest BCUT2D eigenvalue weighted by molar-refractivity contribution is 6.32. The summed E-state index contributed by atoms with van der Waals surface area (Å²) >= 11 is 6.16. The molecule has 2 aromatic rings. The smallest absolute Gasteiger partial charge is 0.251 e. The Morgan fingerprint density at radius 1 is 1.27 bits per heavy atom. The Balaban J connectivity index is 1.88. The third-order valence-corrected chi connectivity index (χ3v) is 5.50. The molecule has 3 rings (SSSR count). The van der Waals surface area contributed by atoms with Crippen LogP contribution in [0.1, 0.15) is 55.1 Å².